The van der Waals surface area contributed by atoms with E-state index in [2.05, 4.69) is 69.2 Å². The van der Waals surface area contributed by atoms with Crippen molar-refractivity contribution >= 4 is 131 Å². The third kappa shape index (κ3) is 20.6. The van der Waals surface area contributed by atoms with E-state index in [1.807, 2.05) is 109 Å². The van der Waals surface area contributed by atoms with E-state index in [0.717, 1.165) is 36.8 Å². The first-order valence-corrected chi connectivity index (χ1v) is 35.5. The van der Waals surface area contributed by atoms with Crippen molar-refractivity contribution in [2.45, 2.75) is 60.7 Å². The first-order valence-electron chi connectivity index (χ1n) is 33.7. The van der Waals surface area contributed by atoms with Crippen LogP contribution in [0.2, 0.25) is 30.1 Å². The van der Waals surface area contributed by atoms with Crippen molar-refractivity contribution < 1.29 is 39.8 Å². The number of rotatable bonds is 21. The Labute approximate surface area is 665 Å². The summed E-state index contributed by atoms with van der Waals surface area (Å²) < 4.78 is 31.8. The van der Waals surface area contributed by atoms with Crippen molar-refractivity contribution in [2.24, 2.45) is 0 Å². The number of halogens is 8. The van der Waals surface area contributed by atoms with E-state index in [0.29, 0.717) is 99.6 Å². The van der Waals surface area contributed by atoms with Gasteiger partial charge in [0.15, 0.2) is 17.1 Å². The monoisotopic (exact) mass is 1670 g/mol. The molecule has 0 saturated carbocycles. The van der Waals surface area contributed by atoms with Gasteiger partial charge in [-0.25, -0.2) is 14.0 Å². The van der Waals surface area contributed by atoms with Crippen LogP contribution in [0.1, 0.15) is 98.1 Å². The molecule has 9 aromatic carbocycles. The quantitative estimate of drug-likeness (QED) is 0.0490. The number of benzene rings is 9. The molecule has 0 unspecified atom stereocenters. The highest BCUT2D eigenvalue weighted by molar-refractivity contribution is 9.10. The van der Waals surface area contributed by atoms with Crippen LogP contribution in [-0.4, -0.2) is 70.7 Å². The van der Waals surface area contributed by atoms with Crippen molar-refractivity contribution in [2.75, 3.05) is 6.61 Å². The zero-order chi connectivity index (χ0) is 78.0. The topological polar surface area (TPSA) is 252 Å². The largest absolute Gasteiger partial charge is 0.481 e. The molecule has 0 aliphatic carbocycles. The molecular weight excluding hydrogens is 1600 g/mol. The molecule has 0 saturated heterocycles. The number of aliphatic carboxylic acids is 1. The van der Waals surface area contributed by atoms with Gasteiger partial charge in [-0.05, 0) is 133 Å². The number of nitriles is 2. The molecule has 4 N–H and O–H groups in total. The van der Waals surface area contributed by atoms with Crippen LogP contribution in [0.5, 0.6) is 0 Å². The molecule has 3 amide bonds. The van der Waals surface area contributed by atoms with E-state index in [1.54, 1.807) is 132 Å². The molecule has 0 spiro atoms. The van der Waals surface area contributed by atoms with Gasteiger partial charge in [-0.15, -0.1) is 0 Å². The van der Waals surface area contributed by atoms with E-state index in [-0.39, 0.29) is 69.4 Å². The average molecular weight is 1670 g/mol. The number of aromatic nitrogens is 6. The van der Waals surface area contributed by atoms with Crippen molar-refractivity contribution in [3.63, 3.8) is 0 Å². The average Bonchev–Trinajstić information content (AvgIpc) is 1.63. The first kappa shape index (κ1) is 78.2. The number of nitrogens with one attached hydrogen (secondary N) is 3. The number of ether oxygens (including phenoxy) is 1. The summed E-state index contributed by atoms with van der Waals surface area (Å²) in [4.78, 5) is 64.2. The second-order valence-corrected chi connectivity index (χ2v) is 27.0. The van der Waals surface area contributed by atoms with Crippen LogP contribution >= 0.6 is 101 Å². The number of carboxylic acids is 1. The summed E-state index contributed by atoms with van der Waals surface area (Å²) in [5.74, 6) is -2.90. The van der Waals surface area contributed by atoms with Gasteiger partial charge in [0.2, 0.25) is 0 Å². The number of para-hydroxylation sites is 3. The van der Waals surface area contributed by atoms with Gasteiger partial charge in [0, 0.05) is 83.0 Å². The second-order valence-electron chi connectivity index (χ2n) is 22.6. The minimum Gasteiger partial charge on any atom is -0.481 e. The molecule has 12 rings (SSSR count). The Morgan fingerprint density at radius 1 is 0.462 bits per heavy atom. The van der Waals surface area contributed by atoms with Crippen LogP contribution in [0.15, 0.2) is 227 Å². The predicted molar refractivity (Wildman–Crippen MR) is 429 cm³/mol. The van der Waals surface area contributed by atoms with E-state index in [1.165, 1.54) is 4.68 Å². The summed E-state index contributed by atoms with van der Waals surface area (Å²) in [6, 6.07) is 68.7. The molecule has 18 nitrogen and oxygen atoms in total. The van der Waals surface area contributed by atoms with Crippen molar-refractivity contribution in [1.29, 1.82) is 10.5 Å². The summed E-state index contributed by atoms with van der Waals surface area (Å²) in [7, 11) is 0. The number of nitrogens with zero attached hydrogens (tertiary/aromatic N) is 8. The van der Waals surface area contributed by atoms with Crippen molar-refractivity contribution in [3.8, 4) is 63.0 Å². The summed E-state index contributed by atoms with van der Waals surface area (Å²) in [6.07, 6.45) is -0.567. The number of amides is 3. The number of hydrogen-bond acceptors (Lipinski definition) is 11. The summed E-state index contributed by atoms with van der Waals surface area (Å²) in [5, 5.41) is 53.5. The number of carbonyl (C=O) groups excluding carboxylic acids is 4. The number of hydrogen-bond donors (Lipinski definition) is 4. The Morgan fingerprint density at radius 2 is 0.774 bits per heavy atom. The van der Waals surface area contributed by atoms with E-state index in [9.17, 15) is 34.3 Å². The second kappa shape index (κ2) is 38.6. The molecule has 26 heteroatoms. The zero-order valence-corrected chi connectivity index (χ0v) is 62.4. The molecule has 0 fully saturated rings. The number of carbonyl (C=O) groups is 5. The summed E-state index contributed by atoms with van der Waals surface area (Å²) in [5.41, 5.74) is 10.0. The normalized spacial score (nSPS) is 10.6. The number of carboxylic acid groups (broad SMARTS) is 1. The third-order valence-corrected chi connectivity index (χ3v) is 18.4. The lowest BCUT2D eigenvalue weighted by molar-refractivity contribution is -0.142. The molecule has 0 aliphatic rings. The molecule has 0 atom stereocenters. The van der Waals surface area contributed by atoms with Gasteiger partial charge in [0.1, 0.15) is 0 Å². The van der Waals surface area contributed by atoms with Crippen LogP contribution in [0.3, 0.4) is 0 Å². The minimum absolute atomic E-state index is 0. The predicted octanol–water partition coefficient (Wildman–Crippen LogP) is 20.3. The van der Waals surface area contributed by atoms with Gasteiger partial charge < -0.3 is 25.8 Å². The molecular formula is C80H69Br2Cl6N11O7. The Balaban J connectivity index is 0.000000250. The Bertz CT molecular complexity index is 5220. The van der Waals surface area contributed by atoms with Crippen LogP contribution < -0.4 is 16.0 Å². The van der Waals surface area contributed by atoms with Crippen LogP contribution in [0, 0.1) is 22.7 Å². The lowest BCUT2D eigenvalue weighted by atomic mass is 10.0. The lowest BCUT2D eigenvalue weighted by Crippen LogP contribution is -2.25. The lowest BCUT2D eigenvalue weighted by Gasteiger charge is -2.11. The van der Waals surface area contributed by atoms with Crippen molar-refractivity contribution in [1.82, 2.24) is 45.3 Å². The number of esters is 1. The van der Waals surface area contributed by atoms with Gasteiger partial charge in [0.05, 0.1) is 92.8 Å². The van der Waals surface area contributed by atoms with Gasteiger partial charge in [-0.1, -0.05) is 226 Å². The highest BCUT2D eigenvalue weighted by Crippen LogP contribution is 2.37. The van der Waals surface area contributed by atoms with Gasteiger partial charge >= 0.3 is 11.9 Å². The minimum atomic E-state index is -1.11. The Hall–Kier alpha value is -10.4. The maximum atomic E-state index is 13.4. The fourth-order valence-electron chi connectivity index (χ4n) is 10.8. The summed E-state index contributed by atoms with van der Waals surface area (Å²) in [6.45, 7) is 2.75. The standard InChI is InChI=1S/C27H22BrCl2N3O3.C26H18Cl2N4O3.C25H17BrCl2N4O.2CH4.2H2/c1-2-36-24(34)15-21-25(27(35)31-16-17-7-11-19(28)12-8-17)32-33(23-6-4-3-5-22(23)30)26(21)18-9-13-20(29)14-10-18;27-19-11-9-18(10-12-19)25-20(13-23(33)34)24(31-32(25)22-4-2-1-3-21(22)28)26(35)30-15-17-7-5-16(14-29)6-8-17;26-18-9-5-16(6-10-18)15-30-25(33)23-20(13-14-29)24(17-7-11-19(27)12-8-17)32(31-23)22-4-2-1-3-21(22)28;;;;/h3-14H,2,15-16H2,1H3,(H,31,35);1-12H,13,15H2,(H,30,35)(H,33,34);1-12H,13,15H2,(H,30,33);2*1H4;2*1H/i;;;;;2*1+1D. The Morgan fingerprint density at radius 3 is 1.08 bits per heavy atom. The molecule has 0 aliphatic heterocycles. The van der Waals surface area contributed by atoms with Crippen LogP contribution in [0.4, 0.5) is 0 Å². The maximum absolute atomic E-state index is 13.4. The molecule has 3 heterocycles. The van der Waals surface area contributed by atoms with E-state index >= 15 is 0 Å². The van der Waals surface area contributed by atoms with Gasteiger partial charge in [-0.2, -0.15) is 25.8 Å². The maximum Gasteiger partial charge on any atom is 0.310 e. The molecule has 106 heavy (non-hydrogen) atoms. The fourth-order valence-corrected chi connectivity index (χ4v) is 12.3. The van der Waals surface area contributed by atoms with Gasteiger partial charge in [-0.3, -0.25) is 24.0 Å². The van der Waals surface area contributed by atoms with Crippen LogP contribution in [0.25, 0.3) is 50.8 Å². The molecule has 0 bridgehead atoms. The highest BCUT2D eigenvalue weighted by Gasteiger charge is 2.31. The molecule has 542 valence electrons. The first-order chi connectivity index (χ1) is 52.2. The molecule has 3 aromatic heterocycles. The highest BCUT2D eigenvalue weighted by atomic mass is 79.9. The Kier molecular flexibility index (Phi) is 28.5. The zero-order valence-electron chi connectivity index (χ0n) is 58.7. The SMILES string of the molecule is C.C.CCOC(=O)Cc1c(C(=O)NCc2ccc(Br)cc2)nn(-c2ccccc2Cl)c1-c1ccc(Cl)cc1.N#CCc1c(C(=O)NCc2ccc(Br)cc2)nn(-c2ccccc2Cl)c1-c1ccc(Cl)cc1.N#Cc1ccc(CNC(=O)c2nn(-c3ccccc3Cl)c(-c3ccc(Cl)cc3)c2CC(=O)O)cc1.[2H][2H].[2H][2H]. The fraction of sp³-hybridized carbons (Fsp3) is 0.125. The van der Waals surface area contributed by atoms with Crippen molar-refractivity contribution in [3.05, 3.63) is 313 Å². The molecule has 0 radical (unpaired) electrons. The third-order valence-electron chi connectivity index (χ3n) is 15.7. The van der Waals surface area contributed by atoms with E-state index in [4.69, 9.17) is 85.5 Å². The summed E-state index contributed by atoms with van der Waals surface area (Å²) >= 11 is 44.5. The van der Waals surface area contributed by atoms with E-state index < -0.39 is 30.2 Å². The van der Waals surface area contributed by atoms with Crippen LogP contribution in [-0.2, 0) is 53.2 Å². The van der Waals surface area contributed by atoms with Gasteiger partial charge in [0.25, 0.3) is 17.7 Å². The smallest absolute Gasteiger partial charge is 0.310 e. The molecule has 12 aromatic rings.